The average molecular weight is 241 g/mol. The van der Waals surface area contributed by atoms with Gasteiger partial charge in [-0.25, -0.2) is 0 Å². The van der Waals surface area contributed by atoms with Crippen molar-refractivity contribution >= 4 is 5.57 Å². The molecule has 1 nitrogen and oxygen atoms in total. The van der Waals surface area contributed by atoms with Crippen LogP contribution >= 0.6 is 0 Å². The number of hydrogen-bond donors (Lipinski definition) is 1. The Hall–Kier alpha value is -1.50. The van der Waals surface area contributed by atoms with Crippen molar-refractivity contribution < 1.29 is 0 Å². The first-order valence-electron chi connectivity index (χ1n) is 6.77. The summed E-state index contributed by atoms with van der Waals surface area (Å²) in [6.45, 7) is 11.2. The van der Waals surface area contributed by atoms with Crippen LogP contribution in [0.25, 0.3) is 5.57 Å². The number of hydrogen-bond acceptors (Lipinski definition) is 1. The van der Waals surface area contributed by atoms with Gasteiger partial charge in [0, 0.05) is 12.2 Å². The minimum Gasteiger partial charge on any atom is -0.386 e. The van der Waals surface area contributed by atoms with Crippen molar-refractivity contribution in [3.05, 3.63) is 52.7 Å². The lowest BCUT2D eigenvalue weighted by atomic mass is 9.85. The van der Waals surface area contributed by atoms with Crippen molar-refractivity contribution in [1.29, 1.82) is 0 Å². The molecule has 1 aliphatic rings. The predicted molar refractivity (Wildman–Crippen MR) is 79.6 cm³/mol. The van der Waals surface area contributed by atoms with Crippen molar-refractivity contribution in [2.24, 2.45) is 0 Å². The normalized spacial score (nSPS) is 16.5. The smallest absolute Gasteiger partial charge is 0.0333 e. The van der Waals surface area contributed by atoms with Crippen LogP contribution in [0.2, 0.25) is 0 Å². The highest BCUT2D eigenvalue weighted by molar-refractivity contribution is 5.71. The van der Waals surface area contributed by atoms with Gasteiger partial charge in [0.15, 0.2) is 0 Å². The highest BCUT2D eigenvalue weighted by atomic mass is 14.9. The fourth-order valence-corrected chi connectivity index (χ4v) is 2.55. The SMILES string of the molecule is C=C(C)NC/C=C1\CCCc2cc(C)c(C)cc21. The highest BCUT2D eigenvalue weighted by Gasteiger charge is 2.14. The van der Waals surface area contributed by atoms with E-state index in [9.17, 15) is 0 Å². The summed E-state index contributed by atoms with van der Waals surface area (Å²) in [5, 5.41) is 3.28. The zero-order chi connectivity index (χ0) is 13.1. The Labute approximate surface area is 111 Å². The summed E-state index contributed by atoms with van der Waals surface area (Å²) in [6.07, 6.45) is 6.02. The number of rotatable bonds is 3. The van der Waals surface area contributed by atoms with Crippen LogP contribution in [0.5, 0.6) is 0 Å². The van der Waals surface area contributed by atoms with Crippen molar-refractivity contribution in [1.82, 2.24) is 5.32 Å². The van der Waals surface area contributed by atoms with Crippen LogP contribution in [-0.2, 0) is 6.42 Å². The molecule has 1 aliphatic carbocycles. The minimum atomic E-state index is 0.886. The first-order chi connectivity index (χ1) is 8.58. The lowest BCUT2D eigenvalue weighted by molar-refractivity contribution is 0.814. The number of nitrogens with one attached hydrogen (secondary N) is 1. The zero-order valence-corrected chi connectivity index (χ0v) is 11.8. The molecule has 0 fully saturated rings. The van der Waals surface area contributed by atoms with E-state index in [1.807, 2.05) is 6.92 Å². The third-order valence-electron chi connectivity index (χ3n) is 3.71. The van der Waals surface area contributed by atoms with Crippen molar-refractivity contribution in [3.8, 4) is 0 Å². The third-order valence-corrected chi connectivity index (χ3v) is 3.71. The molecule has 96 valence electrons. The maximum Gasteiger partial charge on any atom is 0.0333 e. The lowest BCUT2D eigenvalue weighted by Crippen LogP contribution is -2.11. The molecule has 2 rings (SSSR count). The van der Waals surface area contributed by atoms with Crippen LogP contribution < -0.4 is 5.32 Å². The summed E-state index contributed by atoms with van der Waals surface area (Å²) in [4.78, 5) is 0. The van der Waals surface area contributed by atoms with E-state index in [4.69, 9.17) is 0 Å². The molecule has 0 radical (unpaired) electrons. The van der Waals surface area contributed by atoms with Crippen molar-refractivity contribution in [2.75, 3.05) is 6.54 Å². The second kappa shape index (κ2) is 5.43. The van der Waals surface area contributed by atoms with Gasteiger partial charge in [0.05, 0.1) is 0 Å². The first-order valence-corrected chi connectivity index (χ1v) is 6.77. The van der Waals surface area contributed by atoms with Gasteiger partial charge in [0.25, 0.3) is 0 Å². The molecular weight excluding hydrogens is 218 g/mol. The van der Waals surface area contributed by atoms with Gasteiger partial charge in [-0.1, -0.05) is 24.8 Å². The van der Waals surface area contributed by atoms with E-state index in [-0.39, 0.29) is 0 Å². The molecule has 0 bridgehead atoms. The monoisotopic (exact) mass is 241 g/mol. The van der Waals surface area contributed by atoms with Gasteiger partial charge >= 0.3 is 0 Å². The van der Waals surface area contributed by atoms with Crippen LogP contribution in [0.4, 0.5) is 0 Å². The number of aryl methyl sites for hydroxylation is 3. The molecule has 0 aliphatic heterocycles. The summed E-state index contributed by atoms with van der Waals surface area (Å²) in [6, 6.07) is 4.72. The Balaban J connectivity index is 2.27. The quantitative estimate of drug-likeness (QED) is 0.838. The topological polar surface area (TPSA) is 12.0 Å². The molecule has 0 unspecified atom stereocenters. The Kier molecular flexibility index (Phi) is 3.90. The summed E-state index contributed by atoms with van der Waals surface area (Å²) in [5.41, 5.74) is 8.32. The Bertz CT molecular complexity index is 495. The van der Waals surface area contributed by atoms with E-state index in [2.05, 4.69) is 44.0 Å². The second-order valence-electron chi connectivity index (χ2n) is 5.34. The van der Waals surface area contributed by atoms with Gasteiger partial charge in [-0.2, -0.15) is 0 Å². The van der Waals surface area contributed by atoms with Crippen LogP contribution in [-0.4, -0.2) is 6.54 Å². The molecule has 18 heavy (non-hydrogen) atoms. The summed E-state index contributed by atoms with van der Waals surface area (Å²) >= 11 is 0. The van der Waals surface area contributed by atoms with Gasteiger partial charge in [-0.3, -0.25) is 0 Å². The standard InChI is InChI=1S/C17H23N/c1-12(2)18-9-8-15-6-5-7-16-10-13(3)14(4)11-17(15)16/h8,10-11,18H,1,5-7,9H2,2-4H3/b15-8+. The maximum absolute atomic E-state index is 3.87. The summed E-state index contributed by atoms with van der Waals surface area (Å²) < 4.78 is 0. The summed E-state index contributed by atoms with van der Waals surface area (Å²) in [7, 11) is 0. The van der Waals surface area contributed by atoms with E-state index in [1.54, 1.807) is 0 Å². The molecular formula is C17H23N. The van der Waals surface area contributed by atoms with Gasteiger partial charge < -0.3 is 5.32 Å². The molecule has 1 aromatic rings. The Morgan fingerprint density at radius 3 is 2.72 bits per heavy atom. The van der Waals surface area contributed by atoms with E-state index in [0.29, 0.717) is 0 Å². The van der Waals surface area contributed by atoms with E-state index < -0.39 is 0 Å². The fourth-order valence-electron chi connectivity index (χ4n) is 2.55. The first kappa shape index (κ1) is 12.9. The fraction of sp³-hybridized carbons (Fsp3) is 0.412. The van der Waals surface area contributed by atoms with E-state index in [0.717, 1.165) is 12.2 Å². The average Bonchev–Trinajstić information content (AvgIpc) is 2.31. The van der Waals surface area contributed by atoms with Crippen LogP contribution in [0.15, 0.2) is 30.5 Å². The van der Waals surface area contributed by atoms with Crippen LogP contribution in [0.1, 0.15) is 42.0 Å². The van der Waals surface area contributed by atoms with Gasteiger partial charge in [-0.05, 0) is 67.9 Å². The van der Waals surface area contributed by atoms with E-state index >= 15 is 0 Å². The highest BCUT2D eigenvalue weighted by Crippen LogP contribution is 2.32. The molecule has 0 aromatic heterocycles. The van der Waals surface area contributed by atoms with Gasteiger partial charge in [0.2, 0.25) is 0 Å². The molecule has 0 heterocycles. The minimum absolute atomic E-state index is 0.886. The molecule has 1 heteroatoms. The lowest BCUT2D eigenvalue weighted by Gasteiger charge is -2.21. The maximum atomic E-state index is 3.87. The Morgan fingerprint density at radius 1 is 1.28 bits per heavy atom. The molecule has 0 saturated carbocycles. The molecule has 1 N–H and O–H groups in total. The number of benzene rings is 1. The van der Waals surface area contributed by atoms with Crippen LogP contribution in [0, 0.1) is 13.8 Å². The second-order valence-corrected chi connectivity index (χ2v) is 5.34. The van der Waals surface area contributed by atoms with Gasteiger partial charge in [0.1, 0.15) is 0 Å². The van der Waals surface area contributed by atoms with Gasteiger partial charge in [-0.15, -0.1) is 0 Å². The molecule has 0 atom stereocenters. The Morgan fingerprint density at radius 2 is 2.00 bits per heavy atom. The predicted octanol–water partition coefficient (Wildman–Crippen LogP) is 4.15. The number of fused-ring (bicyclic) bond motifs is 1. The van der Waals surface area contributed by atoms with Crippen LogP contribution in [0.3, 0.4) is 0 Å². The molecule has 0 amide bonds. The number of allylic oxidation sites excluding steroid dienone is 2. The third kappa shape index (κ3) is 2.84. The van der Waals surface area contributed by atoms with E-state index in [1.165, 1.54) is 47.1 Å². The van der Waals surface area contributed by atoms with Crippen molar-refractivity contribution in [2.45, 2.75) is 40.0 Å². The molecule has 1 aromatic carbocycles. The zero-order valence-electron chi connectivity index (χ0n) is 11.8. The van der Waals surface area contributed by atoms with Crippen molar-refractivity contribution in [3.63, 3.8) is 0 Å². The summed E-state index contributed by atoms with van der Waals surface area (Å²) in [5.74, 6) is 0. The molecule has 0 spiro atoms. The molecule has 0 saturated heterocycles. The largest absolute Gasteiger partial charge is 0.386 e.